The maximum atomic E-state index is 8.89. The van der Waals surface area contributed by atoms with Crippen LogP contribution in [0.4, 0.5) is 0 Å². The number of rotatable bonds is 0. The summed E-state index contributed by atoms with van der Waals surface area (Å²) < 4.78 is 0. The first-order valence-electron chi connectivity index (χ1n) is 2.52. The number of hydrogen-bond donors (Lipinski definition) is 1. The number of phenolic OH excluding ortho intramolecular Hbond substituents is 1. The van der Waals surface area contributed by atoms with Gasteiger partial charge in [0.15, 0.2) is 0 Å². The Labute approximate surface area is 102 Å². The molecule has 1 aromatic rings. The number of benzene rings is 1. The molecule has 0 aliphatic rings. The summed E-state index contributed by atoms with van der Waals surface area (Å²) in [5, 5.41) is 17.2. The van der Waals surface area contributed by atoms with Crippen LogP contribution in [-0.2, 0) is 0 Å². The Hall–Kier alpha value is 0.146. The molecule has 3 heteroatoms. The minimum atomic E-state index is 0. The Balaban J connectivity index is 0.000000810. The monoisotopic (exact) mass is 159 g/mol. The van der Waals surface area contributed by atoms with Gasteiger partial charge in [-0.3, -0.25) is 0 Å². The summed E-state index contributed by atoms with van der Waals surface area (Å²) >= 11 is 0. The second-order valence-electron chi connectivity index (χ2n) is 1.63. The molecule has 1 rings (SSSR count). The van der Waals surface area contributed by atoms with Crippen LogP contribution in [0.2, 0.25) is 0 Å². The summed E-state index contributed by atoms with van der Waals surface area (Å²) in [6.07, 6.45) is 0. The zero-order valence-electron chi connectivity index (χ0n) is 4.70. The number of para-hydroxylation sites is 1. The van der Waals surface area contributed by atoms with Crippen LogP contribution in [0.5, 0.6) is 5.75 Å². The SMILES string of the molecule is N#Cc1ccccc1O.[KH]. The van der Waals surface area contributed by atoms with Crippen molar-refractivity contribution < 1.29 is 5.11 Å². The molecule has 2 nitrogen and oxygen atoms in total. The molecule has 0 amide bonds. The summed E-state index contributed by atoms with van der Waals surface area (Å²) in [6, 6.07) is 8.28. The molecule has 0 saturated heterocycles. The van der Waals surface area contributed by atoms with Crippen LogP contribution >= 0.6 is 0 Å². The quantitative estimate of drug-likeness (QED) is 0.564. The molecule has 0 fully saturated rings. The van der Waals surface area contributed by atoms with E-state index in [-0.39, 0.29) is 57.1 Å². The molecule has 0 saturated carbocycles. The van der Waals surface area contributed by atoms with Gasteiger partial charge in [-0.15, -0.1) is 0 Å². The molecule has 0 aliphatic heterocycles. The van der Waals surface area contributed by atoms with Crippen molar-refractivity contribution in [3.8, 4) is 11.8 Å². The Morgan fingerprint density at radius 3 is 2.30 bits per heavy atom. The molecule has 0 heterocycles. The molecule has 10 heavy (non-hydrogen) atoms. The van der Waals surface area contributed by atoms with Gasteiger partial charge in [0, 0.05) is 0 Å². The van der Waals surface area contributed by atoms with Crippen LogP contribution in [0.15, 0.2) is 24.3 Å². The first-order chi connectivity index (χ1) is 4.34. The van der Waals surface area contributed by atoms with Crippen LogP contribution in [0.1, 0.15) is 5.56 Å². The predicted octanol–water partition coefficient (Wildman–Crippen LogP) is 0.615. The second kappa shape index (κ2) is 4.89. The van der Waals surface area contributed by atoms with E-state index in [9.17, 15) is 0 Å². The Morgan fingerprint density at radius 1 is 1.30 bits per heavy atom. The first-order valence-corrected chi connectivity index (χ1v) is 2.52. The third-order valence-electron chi connectivity index (χ3n) is 1.02. The Bertz CT molecular complexity index is 254. The van der Waals surface area contributed by atoms with E-state index < -0.39 is 0 Å². The number of nitrogens with zero attached hydrogens (tertiary/aromatic N) is 1. The third kappa shape index (κ3) is 2.41. The van der Waals surface area contributed by atoms with Crippen molar-refractivity contribution in [3.63, 3.8) is 0 Å². The normalized spacial score (nSPS) is 7.50. The van der Waals surface area contributed by atoms with Crippen molar-refractivity contribution >= 4 is 51.4 Å². The van der Waals surface area contributed by atoms with Gasteiger partial charge >= 0.3 is 51.4 Å². The summed E-state index contributed by atoms with van der Waals surface area (Å²) in [5.41, 5.74) is 0.317. The van der Waals surface area contributed by atoms with Gasteiger partial charge in [-0.2, -0.15) is 5.26 Å². The number of hydrogen-bond acceptors (Lipinski definition) is 2. The minimum absolute atomic E-state index is 0. The van der Waals surface area contributed by atoms with E-state index in [2.05, 4.69) is 0 Å². The van der Waals surface area contributed by atoms with E-state index >= 15 is 0 Å². The van der Waals surface area contributed by atoms with Gasteiger partial charge in [0.1, 0.15) is 11.8 Å². The summed E-state index contributed by atoms with van der Waals surface area (Å²) in [7, 11) is 0. The summed E-state index contributed by atoms with van der Waals surface area (Å²) in [4.78, 5) is 0. The van der Waals surface area contributed by atoms with Crippen LogP contribution in [-0.4, -0.2) is 56.5 Å². The van der Waals surface area contributed by atoms with Crippen molar-refractivity contribution in [2.75, 3.05) is 0 Å². The topological polar surface area (TPSA) is 44.0 Å². The van der Waals surface area contributed by atoms with E-state index in [0.29, 0.717) is 5.56 Å². The Morgan fingerprint density at radius 2 is 1.90 bits per heavy atom. The molecule has 0 aromatic heterocycles. The maximum absolute atomic E-state index is 8.89. The van der Waals surface area contributed by atoms with E-state index in [1.807, 2.05) is 6.07 Å². The van der Waals surface area contributed by atoms with Crippen LogP contribution in [0, 0.1) is 11.3 Å². The number of nitriles is 1. The van der Waals surface area contributed by atoms with Gasteiger partial charge in [-0.05, 0) is 12.1 Å². The average Bonchev–Trinajstić information content (AvgIpc) is 1.89. The van der Waals surface area contributed by atoms with Gasteiger partial charge in [-0.25, -0.2) is 0 Å². The molecule has 0 aliphatic carbocycles. The molecular weight excluding hydrogens is 153 g/mol. The first kappa shape index (κ1) is 10.1. The zero-order valence-corrected chi connectivity index (χ0v) is 4.70. The molecule has 0 unspecified atom stereocenters. The van der Waals surface area contributed by atoms with Gasteiger partial charge in [0.05, 0.1) is 5.56 Å². The fraction of sp³-hybridized carbons (Fsp3) is 0. The zero-order chi connectivity index (χ0) is 6.69. The third-order valence-corrected chi connectivity index (χ3v) is 1.02. The Kier molecular flexibility index (Phi) is 4.96. The van der Waals surface area contributed by atoms with E-state index in [4.69, 9.17) is 10.4 Å². The van der Waals surface area contributed by atoms with Gasteiger partial charge in [0.2, 0.25) is 0 Å². The van der Waals surface area contributed by atoms with Gasteiger partial charge < -0.3 is 5.11 Å². The van der Waals surface area contributed by atoms with Gasteiger partial charge in [0.25, 0.3) is 0 Å². The van der Waals surface area contributed by atoms with Crippen molar-refractivity contribution in [2.24, 2.45) is 0 Å². The van der Waals surface area contributed by atoms with Gasteiger partial charge in [-0.1, -0.05) is 12.1 Å². The number of phenols is 1. The average molecular weight is 159 g/mol. The molecule has 1 aromatic carbocycles. The molecular formula is C7H6KNO. The summed E-state index contributed by atoms with van der Waals surface area (Å²) in [5.74, 6) is 0.0417. The molecule has 0 spiro atoms. The molecule has 0 bridgehead atoms. The molecule has 46 valence electrons. The number of aromatic hydroxyl groups is 1. The molecule has 1 N–H and O–H groups in total. The van der Waals surface area contributed by atoms with E-state index in [1.165, 1.54) is 6.07 Å². The van der Waals surface area contributed by atoms with Crippen molar-refractivity contribution in [3.05, 3.63) is 29.8 Å². The standard InChI is InChI=1S/C7H5NO.K.H/c8-5-6-3-1-2-4-7(6)9;;/h1-4,9H;;. The van der Waals surface area contributed by atoms with E-state index in [1.54, 1.807) is 18.2 Å². The fourth-order valence-corrected chi connectivity index (χ4v) is 0.568. The fourth-order valence-electron chi connectivity index (χ4n) is 0.568. The van der Waals surface area contributed by atoms with Crippen LogP contribution in [0.3, 0.4) is 0 Å². The predicted molar refractivity (Wildman–Crippen MR) is 40.0 cm³/mol. The summed E-state index contributed by atoms with van der Waals surface area (Å²) in [6.45, 7) is 0. The van der Waals surface area contributed by atoms with Crippen LogP contribution in [0.25, 0.3) is 0 Å². The molecule has 0 atom stereocenters. The van der Waals surface area contributed by atoms with Crippen LogP contribution < -0.4 is 0 Å². The van der Waals surface area contributed by atoms with Crippen molar-refractivity contribution in [2.45, 2.75) is 0 Å². The second-order valence-corrected chi connectivity index (χ2v) is 1.63. The molecule has 0 radical (unpaired) electrons. The van der Waals surface area contributed by atoms with Crippen molar-refractivity contribution in [1.29, 1.82) is 5.26 Å². The van der Waals surface area contributed by atoms with Crippen molar-refractivity contribution in [1.82, 2.24) is 0 Å². The van der Waals surface area contributed by atoms with E-state index in [0.717, 1.165) is 0 Å².